The van der Waals surface area contributed by atoms with Crippen molar-refractivity contribution in [2.45, 2.75) is 44.4 Å². The van der Waals surface area contributed by atoms with Crippen molar-refractivity contribution in [2.75, 3.05) is 13.1 Å². The molecule has 0 radical (unpaired) electrons. The van der Waals surface area contributed by atoms with E-state index >= 15 is 0 Å². The maximum atomic E-state index is 3.55. The molecule has 0 amide bonds. The lowest BCUT2D eigenvalue weighted by molar-refractivity contribution is 0.322. The van der Waals surface area contributed by atoms with Gasteiger partial charge in [0, 0.05) is 0 Å². The summed E-state index contributed by atoms with van der Waals surface area (Å²) >= 11 is 0. The molecule has 17 heavy (non-hydrogen) atoms. The van der Waals surface area contributed by atoms with Crippen molar-refractivity contribution in [2.24, 2.45) is 5.92 Å². The highest BCUT2D eigenvalue weighted by molar-refractivity contribution is 5.32. The first-order valence-electron chi connectivity index (χ1n) is 7.22. The number of piperidine rings is 1. The predicted octanol–water partition coefficient (Wildman–Crippen LogP) is 3.50. The molecule has 1 aromatic carbocycles. The SMILES string of the molecule is c1ccc2c(c1)CCCC2CC1CCCNC1. The third-order valence-electron chi connectivity index (χ3n) is 4.51. The van der Waals surface area contributed by atoms with Gasteiger partial charge in [-0.05, 0) is 74.6 Å². The molecular weight excluding hydrogens is 206 g/mol. The molecule has 92 valence electrons. The Morgan fingerprint density at radius 3 is 2.94 bits per heavy atom. The quantitative estimate of drug-likeness (QED) is 0.818. The normalized spacial score (nSPS) is 28.7. The number of aryl methyl sites for hydroxylation is 1. The van der Waals surface area contributed by atoms with Gasteiger partial charge < -0.3 is 5.32 Å². The van der Waals surface area contributed by atoms with Crippen molar-refractivity contribution in [3.63, 3.8) is 0 Å². The molecule has 3 rings (SSSR count). The van der Waals surface area contributed by atoms with Crippen molar-refractivity contribution < 1.29 is 0 Å². The molecule has 0 saturated carbocycles. The predicted molar refractivity (Wildman–Crippen MR) is 72.3 cm³/mol. The summed E-state index contributed by atoms with van der Waals surface area (Å²) in [4.78, 5) is 0. The third kappa shape index (κ3) is 2.55. The zero-order chi connectivity index (χ0) is 11.5. The van der Waals surface area contributed by atoms with E-state index in [1.165, 1.54) is 51.6 Å². The minimum absolute atomic E-state index is 0.838. The van der Waals surface area contributed by atoms with E-state index in [4.69, 9.17) is 0 Å². The lowest BCUT2D eigenvalue weighted by Gasteiger charge is -2.31. The minimum atomic E-state index is 0.838. The Bertz CT molecular complexity index is 366. The topological polar surface area (TPSA) is 12.0 Å². The maximum Gasteiger partial charge on any atom is -0.00203 e. The van der Waals surface area contributed by atoms with Crippen LogP contribution < -0.4 is 5.32 Å². The highest BCUT2D eigenvalue weighted by Crippen LogP contribution is 2.36. The van der Waals surface area contributed by atoms with Crippen molar-refractivity contribution >= 4 is 0 Å². The van der Waals surface area contributed by atoms with E-state index in [0.29, 0.717) is 0 Å². The second-order valence-electron chi connectivity index (χ2n) is 5.74. The van der Waals surface area contributed by atoms with Crippen molar-refractivity contribution in [3.05, 3.63) is 35.4 Å². The molecular formula is C16H23N. The van der Waals surface area contributed by atoms with Gasteiger partial charge in [0.15, 0.2) is 0 Å². The van der Waals surface area contributed by atoms with Gasteiger partial charge in [0.2, 0.25) is 0 Å². The molecule has 0 spiro atoms. The Morgan fingerprint density at radius 1 is 1.12 bits per heavy atom. The van der Waals surface area contributed by atoms with Gasteiger partial charge in [0.1, 0.15) is 0 Å². The largest absolute Gasteiger partial charge is 0.316 e. The average Bonchev–Trinajstić information content (AvgIpc) is 2.40. The second kappa shape index (κ2) is 5.22. The molecule has 1 heterocycles. The molecule has 1 N–H and O–H groups in total. The smallest absolute Gasteiger partial charge is 0.00203 e. The monoisotopic (exact) mass is 229 g/mol. The van der Waals surface area contributed by atoms with Crippen LogP contribution in [0.1, 0.15) is 49.1 Å². The van der Waals surface area contributed by atoms with E-state index < -0.39 is 0 Å². The molecule has 1 nitrogen and oxygen atoms in total. The van der Waals surface area contributed by atoms with E-state index in [-0.39, 0.29) is 0 Å². The summed E-state index contributed by atoms with van der Waals surface area (Å²) in [6, 6.07) is 9.12. The number of rotatable bonds is 2. The van der Waals surface area contributed by atoms with Gasteiger partial charge in [0.25, 0.3) is 0 Å². The van der Waals surface area contributed by atoms with Gasteiger partial charge in [-0.1, -0.05) is 24.3 Å². The molecule has 1 aromatic rings. The van der Waals surface area contributed by atoms with Crippen LogP contribution in [-0.2, 0) is 6.42 Å². The number of fused-ring (bicyclic) bond motifs is 1. The van der Waals surface area contributed by atoms with E-state index in [1.54, 1.807) is 11.1 Å². The first-order chi connectivity index (χ1) is 8.43. The molecule has 1 heteroatoms. The van der Waals surface area contributed by atoms with Crippen LogP contribution in [0.3, 0.4) is 0 Å². The van der Waals surface area contributed by atoms with E-state index in [0.717, 1.165) is 11.8 Å². The number of benzene rings is 1. The van der Waals surface area contributed by atoms with Crippen LogP contribution in [0.15, 0.2) is 24.3 Å². The molecule has 1 saturated heterocycles. The molecule has 0 bridgehead atoms. The lowest BCUT2D eigenvalue weighted by Crippen LogP contribution is -2.31. The summed E-state index contributed by atoms with van der Waals surface area (Å²) in [5.74, 6) is 1.75. The average molecular weight is 229 g/mol. The fraction of sp³-hybridized carbons (Fsp3) is 0.625. The maximum absolute atomic E-state index is 3.55. The molecule has 2 aliphatic rings. The summed E-state index contributed by atoms with van der Waals surface area (Å²) in [5.41, 5.74) is 3.27. The summed E-state index contributed by atoms with van der Waals surface area (Å²) in [6.07, 6.45) is 8.32. The molecule has 2 unspecified atom stereocenters. The standard InChI is InChI=1S/C16H23N/c1-2-9-16-14(6-1)7-3-8-15(16)11-13-5-4-10-17-12-13/h1-2,6,9,13,15,17H,3-5,7-8,10-12H2. The fourth-order valence-corrected chi connectivity index (χ4v) is 3.63. The number of hydrogen-bond acceptors (Lipinski definition) is 1. The van der Waals surface area contributed by atoms with Crippen molar-refractivity contribution in [1.29, 1.82) is 0 Å². The molecule has 2 atom stereocenters. The Labute approximate surface area is 105 Å². The first-order valence-corrected chi connectivity index (χ1v) is 7.22. The van der Waals surface area contributed by atoms with Crippen LogP contribution >= 0.6 is 0 Å². The first kappa shape index (κ1) is 11.3. The zero-order valence-corrected chi connectivity index (χ0v) is 10.6. The Balaban J connectivity index is 1.71. The third-order valence-corrected chi connectivity index (χ3v) is 4.51. The summed E-state index contributed by atoms with van der Waals surface area (Å²) < 4.78 is 0. The van der Waals surface area contributed by atoms with Crippen LogP contribution in [-0.4, -0.2) is 13.1 Å². The van der Waals surface area contributed by atoms with E-state index in [9.17, 15) is 0 Å². The molecule has 1 aliphatic carbocycles. The van der Waals surface area contributed by atoms with Gasteiger partial charge >= 0.3 is 0 Å². The minimum Gasteiger partial charge on any atom is -0.316 e. The Kier molecular flexibility index (Phi) is 3.46. The van der Waals surface area contributed by atoms with E-state index in [1.807, 2.05) is 0 Å². The Morgan fingerprint density at radius 2 is 2.06 bits per heavy atom. The van der Waals surface area contributed by atoms with Crippen LogP contribution in [0.4, 0.5) is 0 Å². The molecule has 0 aromatic heterocycles. The van der Waals surface area contributed by atoms with Crippen molar-refractivity contribution in [1.82, 2.24) is 5.32 Å². The number of hydrogen-bond donors (Lipinski definition) is 1. The summed E-state index contributed by atoms with van der Waals surface area (Å²) in [5, 5.41) is 3.55. The van der Waals surface area contributed by atoms with Gasteiger partial charge in [-0.25, -0.2) is 0 Å². The summed E-state index contributed by atoms with van der Waals surface area (Å²) in [6.45, 7) is 2.48. The number of nitrogens with one attached hydrogen (secondary N) is 1. The van der Waals surface area contributed by atoms with Crippen LogP contribution in [0.5, 0.6) is 0 Å². The van der Waals surface area contributed by atoms with Crippen LogP contribution in [0.2, 0.25) is 0 Å². The second-order valence-corrected chi connectivity index (χ2v) is 5.74. The Hall–Kier alpha value is -0.820. The van der Waals surface area contributed by atoms with Crippen LogP contribution in [0, 0.1) is 5.92 Å². The van der Waals surface area contributed by atoms with E-state index in [2.05, 4.69) is 29.6 Å². The highest BCUT2D eigenvalue weighted by Gasteiger charge is 2.23. The van der Waals surface area contributed by atoms with Crippen molar-refractivity contribution in [3.8, 4) is 0 Å². The zero-order valence-electron chi connectivity index (χ0n) is 10.6. The van der Waals surface area contributed by atoms with Gasteiger partial charge in [0.05, 0.1) is 0 Å². The fourth-order valence-electron chi connectivity index (χ4n) is 3.63. The molecule has 1 aliphatic heterocycles. The highest BCUT2D eigenvalue weighted by atomic mass is 14.9. The van der Waals surface area contributed by atoms with Gasteiger partial charge in [-0.15, -0.1) is 0 Å². The van der Waals surface area contributed by atoms with Gasteiger partial charge in [-0.2, -0.15) is 0 Å². The van der Waals surface area contributed by atoms with Gasteiger partial charge in [-0.3, -0.25) is 0 Å². The van der Waals surface area contributed by atoms with Crippen LogP contribution in [0.25, 0.3) is 0 Å². The summed E-state index contributed by atoms with van der Waals surface area (Å²) in [7, 11) is 0. The molecule has 1 fully saturated rings. The lowest BCUT2D eigenvalue weighted by atomic mass is 9.77.